The molecule has 0 aliphatic carbocycles. The third kappa shape index (κ3) is 4.33. The lowest BCUT2D eigenvalue weighted by atomic mass is 10.0. The van der Waals surface area contributed by atoms with Gasteiger partial charge in [-0.15, -0.1) is 0 Å². The number of benzene rings is 2. The molecule has 24 heavy (non-hydrogen) atoms. The molecule has 2 aromatic carbocycles. The van der Waals surface area contributed by atoms with Crippen molar-refractivity contribution in [1.29, 1.82) is 0 Å². The van der Waals surface area contributed by atoms with Crippen LogP contribution in [0.4, 0.5) is 13.2 Å². The van der Waals surface area contributed by atoms with Crippen LogP contribution in [0.15, 0.2) is 36.4 Å². The fourth-order valence-electron chi connectivity index (χ4n) is 2.10. The molecule has 1 unspecified atom stereocenters. The number of aliphatic hydroxyl groups excluding tert-OH is 1. The number of nitrogens with one attached hydrogen (secondary N) is 1. The molecule has 0 saturated heterocycles. The van der Waals surface area contributed by atoms with Crippen LogP contribution in [-0.4, -0.2) is 37.4 Å². The number of halogens is 3. The molecule has 1 amide bonds. The van der Waals surface area contributed by atoms with E-state index in [1.807, 2.05) is 0 Å². The first-order valence-electron chi connectivity index (χ1n) is 7.12. The summed E-state index contributed by atoms with van der Waals surface area (Å²) in [6.07, 6.45) is -0.816. The van der Waals surface area contributed by atoms with Gasteiger partial charge in [-0.1, -0.05) is 12.1 Å². The second-order valence-electron chi connectivity index (χ2n) is 5.15. The molecule has 2 aromatic rings. The third-order valence-corrected chi connectivity index (χ3v) is 3.32. The van der Waals surface area contributed by atoms with E-state index < -0.39 is 29.5 Å². The maximum atomic E-state index is 13.3. The van der Waals surface area contributed by atoms with E-state index in [2.05, 4.69) is 5.32 Å². The summed E-state index contributed by atoms with van der Waals surface area (Å²) in [7, 11) is 1.44. The third-order valence-electron chi connectivity index (χ3n) is 3.32. The van der Waals surface area contributed by atoms with Gasteiger partial charge in [0.05, 0.1) is 12.7 Å². The van der Waals surface area contributed by atoms with Crippen LogP contribution in [0.3, 0.4) is 0 Å². The molecule has 1 atom stereocenters. The molecule has 128 valence electrons. The fourth-order valence-corrected chi connectivity index (χ4v) is 2.10. The van der Waals surface area contributed by atoms with Crippen LogP contribution in [0.5, 0.6) is 0 Å². The fraction of sp³-hybridized carbons (Fsp3) is 0.235. The number of carbonyl (C=O) groups excluding carboxylic acids is 1. The zero-order valence-corrected chi connectivity index (χ0v) is 12.9. The number of aliphatic hydroxyl groups is 1. The van der Waals surface area contributed by atoms with E-state index in [1.54, 1.807) is 0 Å². The summed E-state index contributed by atoms with van der Waals surface area (Å²) < 4.78 is 44.2. The van der Waals surface area contributed by atoms with Crippen molar-refractivity contribution in [2.45, 2.75) is 6.10 Å². The number of ether oxygens (including phenoxy) is 1. The van der Waals surface area contributed by atoms with Gasteiger partial charge in [0.1, 0.15) is 0 Å². The molecule has 0 heterocycles. The minimum absolute atomic E-state index is 0.0306. The maximum Gasteiger partial charge on any atom is 0.251 e. The minimum Gasteiger partial charge on any atom is -0.389 e. The molecule has 0 radical (unpaired) electrons. The number of methoxy groups -OCH3 is 1. The van der Waals surface area contributed by atoms with Crippen molar-refractivity contribution in [2.24, 2.45) is 0 Å². The zero-order chi connectivity index (χ0) is 17.7. The quantitative estimate of drug-likeness (QED) is 0.795. The van der Waals surface area contributed by atoms with Gasteiger partial charge in [-0.3, -0.25) is 4.79 Å². The van der Waals surface area contributed by atoms with Gasteiger partial charge in [-0.05, 0) is 35.4 Å². The number of hydrogen-bond donors (Lipinski definition) is 2. The molecule has 0 spiro atoms. The van der Waals surface area contributed by atoms with Crippen LogP contribution < -0.4 is 5.32 Å². The van der Waals surface area contributed by atoms with E-state index in [1.165, 1.54) is 31.4 Å². The van der Waals surface area contributed by atoms with Gasteiger partial charge in [0.25, 0.3) is 5.91 Å². The molecule has 0 aliphatic heterocycles. The standard InChI is InChI=1S/C17H16F3NO3/c1-24-9-13(22)8-21-17(23)11-4-2-10(3-5-11)12-6-14(18)16(20)15(19)7-12/h2-7,13,22H,8-9H2,1H3,(H,21,23). The molecular weight excluding hydrogens is 323 g/mol. The second-order valence-corrected chi connectivity index (χ2v) is 5.15. The van der Waals surface area contributed by atoms with Crippen LogP contribution in [0.2, 0.25) is 0 Å². The number of rotatable bonds is 6. The van der Waals surface area contributed by atoms with E-state index in [9.17, 15) is 23.1 Å². The van der Waals surface area contributed by atoms with Crippen molar-refractivity contribution in [1.82, 2.24) is 5.32 Å². The summed E-state index contributed by atoms with van der Waals surface area (Å²) in [5.41, 5.74) is 0.907. The Hall–Kier alpha value is -2.38. The van der Waals surface area contributed by atoms with Crippen LogP contribution in [0, 0.1) is 17.5 Å². The summed E-state index contributed by atoms with van der Waals surface area (Å²) in [5, 5.41) is 12.0. The highest BCUT2D eigenvalue weighted by Crippen LogP contribution is 2.24. The van der Waals surface area contributed by atoms with Gasteiger partial charge in [0.15, 0.2) is 17.5 Å². The Bertz CT molecular complexity index is 697. The van der Waals surface area contributed by atoms with Crippen LogP contribution in [0.1, 0.15) is 10.4 Å². The van der Waals surface area contributed by atoms with Gasteiger partial charge in [0.2, 0.25) is 0 Å². The first kappa shape index (κ1) is 18.0. The smallest absolute Gasteiger partial charge is 0.251 e. The largest absolute Gasteiger partial charge is 0.389 e. The summed E-state index contributed by atoms with van der Waals surface area (Å²) in [4.78, 5) is 11.9. The lowest BCUT2D eigenvalue weighted by Gasteiger charge is -2.11. The van der Waals surface area contributed by atoms with Gasteiger partial charge < -0.3 is 15.2 Å². The van der Waals surface area contributed by atoms with Crippen LogP contribution >= 0.6 is 0 Å². The first-order chi connectivity index (χ1) is 11.4. The highest BCUT2D eigenvalue weighted by atomic mass is 19.2. The lowest BCUT2D eigenvalue weighted by Crippen LogP contribution is -2.34. The first-order valence-corrected chi connectivity index (χ1v) is 7.12. The van der Waals surface area contributed by atoms with Crippen molar-refractivity contribution in [3.05, 3.63) is 59.4 Å². The van der Waals surface area contributed by atoms with E-state index >= 15 is 0 Å². The molecule has 2 N–H and O–H groups in total. The molecule has 0 aromatic heterocycles. The minimum atomic E-state index is -1.52. The molecule has 4 nitrogen and oxygen atoms in total. The van der Waals surface area contributed by atoms with Crippen LogP contribution in [0.25, 0.3) is 11.1 Å². The van der Waals surface area contributed by atoms with Crippen molar-refractivity contribution < 1.29 is 27.8 Å². The van der Waals surface area contributed by atoms with Gasteiger partial charge in [-0.2, -0.15) is 0 Å². The molecular formula is C17H16F3NO3. The van der Waals surface area contributed by atoms with Gasteiger partial charge in [0, 0.05) is 19.2 Å². The highest BCUT2D eigenvalue weighted by Gasteiger charge is 2.13. The Labute approximate surface area is 136 Å². The summed E-state index contributed by atoms with van der Waals surface area (Å²) >= 11 is 0. The molecule has 0 aliphatic rings. The van der Waals surface area contributed by atoms with E-state index in [0.29, 0.717) is 11.1 Å². The number of amides is 1. The summed E-state index contributed by atoms with van der Waals surface area (Å²) in [6.45, 7) is 0.129. The second kappa shape index (κ2) is 7.94. The predicted molar refractivity (Wildman–Crippen MR) is 82.0 cm³/mol. The van der Waals surface area contributed by atoms with Gasteiger partial charge >= 0.3 is 0 Å². The maximum absolute atomic E-state index is 13.3. The summed E-state index contributed by atoms with van der Waals surface area (Å²) in [5.74, 6) is -4.49. The van der Waals surface area contributed by atoms with E-state index in [4.69, 9.17) is 4.74 Å². The summed E-state index contributed by atoms with van der Waals surface area (Å²) in [6, 6.07) is 7.68. The Kier molecular flexibility index (Phi) is 5.94. The molecule has 7 heteroatoms. The number of hydrogen-bond acceptors (Lipinski definition) is 3. The van der Waals surface area contributed by atoms with Crippen LogP contribution in [-0.2, 0) is 4.74 Å². The Morgan fingerprint density at radius 1 is 1.12 bits per heavy atom. The SMILES string of the molecule is COCC(O)CNC(=O)c1ccc(-c2cc(F)c(F)c(F)c2)cc1. The van der Waals surface area contributed by atoms with Crippen molar-refractivity contribution in [3.8, 4) is 11.1 Å². The Morgan fingerprint density at radius 2 is 1.71 bits per heavy atom. The lowest BCUT2D eigenvalue weighted by molar-refractivity contribution is 0.0610. The predicted octanol–water partition coefficient (Wildman–Crippen LogP) is 2.51. The monoisotopic (exact) mass is 339 g/mol. The van der Waals surface area contributed by atoms with Crippen molar-refractivity contribution in [3.63, 3.8) is 0 Å². The number of carbonyl (C=O) groups is 1. The molecule has 2 rings (SSSR count). The van der Waals surface area contributed by atoms with Gasteiger partial charge in [-0.25, -0.2) is 13.2 Å². The molecule has 0 saturated carbocycles. The average Bonchev–Trinajstić information content (AvgIpc) is 2.57. The normalized spacial score (nSPS) is 12.0. The topological polar surface area (TPSA) is 58.6 Å². The van der Waals surface area contributed by atoms with E-state index in [-0.39, 0.29) is 18.7 Å². The van der Waals surface area contributed by atoms with Crippen molar-refractivity contribution >= 4 is 5.91 Å². The highest BCUT2D eigenvalue weighted by molar-refractivity contribution is 5.94. The molecule has 0 fully saturated rings. The molecule has 0 bridgehead atoms. The zero-order valence-electron chi connectivity index (χ0n) is 12.9. The Morgan fingerprint density at radius 3 is 2.25 bits per heavy atom. The average molecular weight is 339 g/mol. The van der Waals surface area contributed by atoms with E-state index in [0.717, 1.165) is 12.1 Å². The Balaban J connectivity index is 2.09. The van der Waals surface area contributed by atoms with Crippen molar-refractivity contribution in [2.75, 3.05) is 20.3 Å².